The largest absolute Gasteiger partial charge is 0.327 e. The first-order chi connectivity index (χ1) is 5.81. The quantitative estimate of drug-likeness (QED) is 0.564. The Labute approximate surface area is 73.1 Å². The monoisotopic (exact) mass is 165 g/mol. The van der Waals surface area contributed by atoms with Crippen LogP contribution < -0.4 is 5.73 Å². The number of rotatable bonds is 1. The van der Waals surface area contributed by atoms with Gasteiger partial charge in [-0.2, -0.15) is 5.26 Å². The normalized spacial score (nSPS) is 41.2. The molecule has 0 aromatic rings. The Morgan fingerprint density at radius 1 is 1.42 bits per heavy atom. The minimum atomic E-state index is 0.402. The zero-order chi connectivity index (χ0) is 8.55. The molecule has 3 heteroatoms. The molecule has 2 N–H and O–H groups in total. The predicted octanol–water partition coefficient (Wildman–Crippen LogP) is 0.179. The van der Waals surface area contributed by atoms with Crippen LogP contribution >= 0.6 is 0 Å². The summed E-state index contributed by atoms with van der Waals surface area (Å²) in [5, 5.41) is 8.53. The van der Waals surface area contributed by atoms with Crippen molar-refractivity contribution in [3.63, 3.8) is 0 Å². The molecule has 0 spiro atoms. The van der Waals surface area contributed by atoms with E-state index in [1.165, 1.54) is 12.8 Å². The number of hydrogen-bond donors (Lipinski definition) is 1. The summed E-state index contributed by atoms with van der Waals surface area (Å²) < 4.78 is 0. The van der Waals surface area contributed by atoms with E-state index in [9.17, 15) is 0 Å². The number of likely N-dealkylation sites (tertiary alicyclic amines) is 1. The maximum Gasteiger partial charge on any atom is 0.0866 e. The SMILES string of the molecule is N#CCN1CC2CCC(N)C2C1. The van der Waals surface area contributed by atoms with Gasteiger partial charge in [-0.3, -0.25) is 4.90 Å². The summed E-state index contributed by atoms with van der Waals surface area (Å²) in [6, 6.07) is 2.60. The predicted molar refractivity (Wildman–Crippen MR) is 46.2 cm³/mol. The molecule has 3 unspecified atom stereocenters. The third kappa shape index (κ3) is 1.21. The Morgan fingerprint density at radius 2 is 2.25 bits per heavy atom. The van der Waals surface area contributed by atoms with E-state index in [-0.39, 0.29) is 0 Å². The molecule has 12 heavy (non-hydrogen) atoms. The second kappa shape index (κ2) is 3.04. The zero-order valence-corrected chi connectivity index (χ0v) is 7.24. The van der Waals surface area contributed by atoms with Gasteiger partial charge in [-0.15, -0.1) is 0 Å². The van der Waals surface area contributed by atoms with Crippen LogP contribution in [0.25, 0.3) is 0 Å². The lowest BCUT2D eigenvalue weighted by Crippen LogP contribution is -2.30. The molecule has 0 aromatic carbocycles. The van der Waals surface area contributed by atoms with Crippen LogP contribution in [0.5, 0.6) is 0 Å². The molecule has 1 aliphatic carbocycles. The minimum Gasteiger partial charge on any atom is -0.327 e. The highest BCUT2D eigenvalue weighted by molar-refractivity contribution is 4.97. The average Bonchev–Trinajstić information content (AvgIpc) is 2.55. The van der Waals surface area contributed by atoms with E-state index in [0.29, 0.717) is 18.5 Å². The first-order valence-electron chi connectivity index (χ1n) is 4.66. The van der Waals surface area contributed by atoms with Gasteiger partial charge >= 0.3 is 0 Å². The number of fused-ring (bicyclic) bond motifs is 1. The molecule has 1 aliphatic heterocycles. The molecule has 66 valence electrons. The first kappa shape index (κ1) is 8.03. The lowest BCUT2D eigenvalue weighted by molar-refractivity contribution is 0.340. The minimum absolute atomic E-state index is 0.402. The summed E-state index contributed by atoms with van der Waals surface area (Å²) in [6.45, 7) is 2.74. The summed E-state index contributed by atoms with van der Waals surface area (Å²) in [4.78, 5) is 2.23. The molecule has 1 saturated heterocycles. The van der Waals surface area contributed by atoms with Crippen molar-refractivity contribution < 1.29 is 0 Å². The molecule has 3 atom stereocenters. The van der Waals surface area contributed by atoms with Gasteiger partial charge in [0.2, 0.25) is 0 Å². The maximum absolute atomic E-state index is 8.53. The van der Waals surface area contributed by atoms with Crippen molar-refractivity contribution in [2.45, 2.75) is 18.9 Å². The van der Waals surface area contributed by atoms with Crippen LogP contribution in [0, 0.1) is 23.2 Å². The van der Waals surface area contributed by atoms with Crippen molar-refractivity contribution >= 4 is 0 Å². The fourth-order valence-corrected chi connectivity index (χ4v) is 2.63. The van der Waals surface area contributed by atoms with E-state index in [2.05, 4.69) is 11.0 Å². The van der Waals surface area contributed by atoms with Crippen LogP contribution in [0.2, 0.25) is 0 Å². The Balaban J connectivity index is 1.95. The van der Waals surface area contributed by atoms with E-state index < -0.39 is 0 Å². The summed E-state index contributed by atoms with van der Waals surface area (Å²) in [5.74, 6) is 1.46. The highest BCUT2D eigenvalue weighted by Crippen LogP contribution is 2.36. The third-order valence-electron chi connectivity index (χ3n) is 3.28. The lowest BCUT2D eigenvalue weighted by atomic mass is 9.98. The molecule has 0 radical (unpaired) electrons. The zero-order valence-electron chi connectivity index (χ0n) is 7.24. The van der Waals surface area contributed by atoms with Crippen LogP contribution in [0.4, 0.5) is 0 Å². The summed E-state index contributed by atoms with van der Waals surface area (Å²) in [7, 11) is 0. The van der Waals surface area contributed by atoms with Crippen molar-refractivity contribution in [2.24, 2.45) is 17.6 Å². The van der Waals surface area contributed by atoms with E-state index >= 15 is 0 Å². The van der Waals surface area contributed by atoms with E-state index in [1.54, 1.807) is 0 Å². The Bertz CT molecular complexity index is 208. The van der Waals surface area contributed by atoms with Gasteiger partial charge in [0, 0.05) is 19.1 Å². The van der Waals surface area contributed by atoms with Gasteiger partial charge in [0.05, 0.1) is 12.6 Å². The Kier molecular flexibility index (Phi) is 2.03. The number of nitrogens with two attached hydrogens (primary N) is 1. The Morgan fingerprint density at radius 3 is 2.92 bits per heavy atom. The highest BCUT2D eigenvalue weighted by atomic mass is 15.2. The van der Waals surface area contributed by atoms with Gasteiger partial charge in [0.25, 0.3) is 0 Å². The molecule has 0 aromatic heterocycles. The molecule has 2 aliphatic rings. The molecule has 0 amide bonds. The standard InChI is InChI=1S/C9H15N3/c10-3-4-12-5-7-1-2-9(11)8(7)6-12/h7-9H,1-2,4-6,11H2. The lowest BCUT2D eigenvalue weighted by Gasteiger charge is -2.14. The van der Waals surface area contributed by atoms with Crippen molar-refractivity contribution in [3.05, 3.63) is 0 Å². The second-order valence-electron chi connectivity index (χ2n) is 4.02. The molecule has 2 rings (SSSR count). The van der Waals surface area contributed by atoms with Crippen molar-refractivity contribution in [1.82, 2.24) is 4.90 Å². The van der Waals surface area contributed by atoms with E-state index in [1.807, 2.05) is 0 Å². The highest BCUT2D eigenvalue weighted by Gasteiger charge is 2.40. The molecular formula is C9H15N3. The smallest absolute Gasteiger partial charge is 0.0866 e. The third-order valence-corrected chi connectivity index (χ3v) is 3.28. The van der Waals surface area contributed by atoms with Gasteiger partial charge in [0.15, 0.2) is 0 Å². The number of nitriles is 1. The maximum atomic E-state index is 8.53. The molecular weight excluding hydrogens is 150 g/mol. The van der Waals surface area contributed by atoms with Gasteiger partial charge in [0.1, 0.15) is 0 Å². The van der Waals surface area contributed by atoms with Crippen molar-refractivity contribution in [3.8, 4) is 6.07 Å². The average molecular weight is 165 g/mol. The van der Waals surface area contributed by atoms with Crippen molar-refractivity contribution in [2.75, 3.05) is 19.6 Å². The molecule has 2 fully saturated rings. The van der Waals surface area contributed by atoms with Crippen molar-refractivity contribution in [1.29, 1.82) is 5.26 Å². The topological polar surface area (TPSA) is 53.0 Å². The van der Waals surface area contributed by atoms with E-state index in [0.717, 1.165) is 19.0 Å². The molecule has 1 heterocycles. The number of hydrogen-bond acceptors (Lipinski definition) is 3. The molecule has 3 nitrogen and oxygen atoms in total. The second-order valence-corrected chi connectivity index (χ2v) is 4.02. The van der Waals surface area contributed by atoms with Crippen LogP contribution in [0.3, 0.4) is 0 Å². The van der Waals surface area contributed by atoms with Crippen LogP contribution in [-0.2, 0) is 0 Å². The summed E-state index contributed by atoms with van der Waals surface area (Å²) in [6.07, 6.45) is 2.46. The summed E-state index contributed by atoms with van der Waals surface area (Å²) >= 11 is 0. The van der Waals surface area contributed by atoms with Gasteiger partial charge in [-0.05, 0) is 24.7 Å². The van der Waals surface area contributed by atoms with Gasteiger partial charge in [-0.1, -0.05) is 0 Å². The first-order valence-corrected chi connectivity index (χ1v) is 4.66. The fraction of sp³-hybridized carbons (Fsp3) is 0.889. The fourth-order valence-electron chi connectivity index (χ4n) is 2.63. The molecule has 0 bridgehead atoms. The summed E-state index contributed by atoms with van der Waals surface area (Å²) in [5.41, 5.74) is 5.97. The van der Waals surface area contributed by atoms with Gasteiger partial charge in [-0.25, -0.2) is 0 Å². The van der Waals surface area contributed by atoms with Crippen LogP contribution in [-0.4, -0.2) is 30.6 Å². The number of nitrogens with zero attached hydrogens (tertiary/aromatic N) is 2. The van der Waals surface area contributed by atoms with Crippen LogP contribution in [0.15, 0.2) is 0 Å². The Hall–Kier alpha value is -0.590. The van der Waals surface area contributed by atoms with E-state index in [4.69, 9.17) is 11.0 Å². The van der Waals surface area contributed by atoms with Gasteiger partial charge < -0.3 is 5.73 Å². The molecule has 1 saturated carbocycles. The van der Waals surface area contributed by atoms with Crippen LogP contribution in [0.1, 0.15) is 12.8 Å².